The van der Waals surface area contributed by atoms with Gasteiger partial charge in [-0.3, -0.25) is 9.59 Å². The van der Waals surface area contributed by atoms with E-state index in [0.29, 0.717) is 11.8 Å². The van der Waals surface area contributed by atoms with Crippen LogP contribution in [0.25, 0.3) is 0 Å². The maximum atomic E-state index is 12.9. The molecule has 4 atom stereocenters. The molecular weight excluding hydrogens is 264 g/mol. The van der Waals surface area contributed by atoms with Crippen LogP contribution < -0.4 is 0 Å². The summed E-state index contributed by atoms with van der Waals surface area (Å²) in [7, 11) is 0. The summed E-state index contributed by atoms with van der Waals surface area (Å²) in [5.74, 6) is 1.20. The minimum atomic E-state index is -0.0586. The zero-order chi connectivity index (χ0) is 15.6. The Balaban J connectivity index is 2.21. The molecule has 0 unspecified atom stereocenters. The number of carbonyl (C=O) groups is 2. The Morgan fingerprint density at radius 2 is 1.10 bits per heavy atom. The van der Waals surface area contributed by atoms with Crippen LogP contribution in [0.4, 0.5) is 0 Å². The fourth-order valence-electron chi connectivity index (χ4n) is 4.49. The zero-order valence-corrected chi connectivity index (χ0v) is 14.0. The minimum Gasteiger partial charge on any atom is -0.343 e. The van der Waals surface area contributed by atoms with Gasteiger partial charge in [0.15, 0.2) is 0 Å². The monoisotopic (exact) mass is 294 g/mol. The molecule has 120 valence electrons. The summed E-state index contributed by atoms with van der Waals surface area (Å²) in [5.41, 5.74) is 0. The van der Waals surface area contributed by atoms with E-state index in [1.807, 2.05) is 37.5 Å². The van der Waals surface area contributed by atoms with Gasteiger partial charge in [0.25, 0.3) is 0 Å². The van der Waals surface area contributed by atoms with Gasteiger partial charge in [0, 0.05) is 26.2 Å². The van der Waals surface area contributed by atoms with E-state index in [-0.39, 0.29) is 23.7 Å². The molecule has 2 amide bonds. The van der Waals surface area contributed by atoms with E-state index in [2.05, 4.69) is 0 Å². The first kappa shape index (κ1) is 16.3. The lowest BCUT2D eigenvalue weighted by atomic mass is 9.77. The molecule has 4 nitrogen and oxygen atoms in total. The third kappa shape index (κ3) is 2.82. The summed E-state index contributed by atoms with van der Waals surface area (Å²) in [4.78, 5) is 29.6. The van der Waals surface area contributed by atoms with Gasteiger partial charge in [-0.25, -0.2) is 0 Å². The Hall–Kier alpha value is -1.06. The topological polar surface area (TPSA) is 40.6 Å². The molecule has 4 heteroatoms. The molecule has 0 aromatic rings. The van der Waals surface area contributed by atoms with Crippen molar-refractivity contribution in [3.63, 3.8) is 0 Å². The highest BCUT2D eigenvalue weighted by molar-refractivity contribution is 5.89. The standard InChI is InChI=1S/C17H30N2O2/c1-5-18(6-2)16(20)14-12-9-10-13(11-12)15(14)17(21)19(7-3)8-4/h12-15H,5-11H2,1-4H3/t12-,13+,14-,15+. The first-order valence-corrected chi connectivity index (χ1v) is 8.66. The second-order valence-electron chi connectivity index (χ2n) is 6.41. The molecule has 21 heavy (non-hydrogen) atoms. The van der Waals surface area contributed by atoms with Crippen molar-refractivity contribution in [3.8, 4) is 0 Å². The van der Waals surface area contributed by atoms with Crippen molar-refractivity contribution in [3.05, 3.63) is 0 Å². The van der Waals surface area contributed by atoms with Gasteiger partial charge in [0.2, 0.25) is 11.8 Å². The average molecular weight is 294 g/mol. The molecule has 0 saturated heterocycles. The molecule has 0 aromatic carbocycles. The molecule has 2 aliphatic rings. The van der Waals surface area contributed by atoms with Crippen LogP contribution in [0.5, 0.6) is 0 Å². The summed E-state index contributed by atoms with van der Waals surface area (Å²) in [6.07, 6.45) is 3.34. The van der Waals surface area contributed by atoms with Crippen LogP contribution in [0.3, 0.4) is 0 Å². The van der Waals surface area contributed by atoms with Crippen LogP contribution in [0, 0.1) is 23.7 Å². The Morgan fingerprint density at radius 3 is 1.38 bits per heavy atom. The predicted molar refractivity (Wildman–Crippen MR) is 83.7 cm³/mol. The van der Waals surface area contributed by atoms with E-state index in [1.54, 1.807) is 0 Å². The van der Waals surface area contributed by atoms with Crippen LogP contribution in [-0.4, -0.2) is 47.8 Å². The number of hydrogen-bond donors (Lipinski definition) is 0. The van der Waals surface area contributed by atoms with E-state index in [4.69, 9.17) is 0 Å². The maximum Gasteiger partial charge on any atom is 0.226 e. The molecule has 0 heterocycles. The Labute approximate surface area is 128 Å². The summed E-state index contributed by atoms with van der Waals surface area (Å²) in [6, 6.07) is 0. The predicted octanol–water partition coefficient (Wildman–Crippen LogP) is 2.39. The molecular formula is C17H30N2O2. The van der Waals surface area contributed by atoms with E-state index < -0.39 is 0 Å². The second-order valence-corrected chi connectivity index (χ2v) is 6.41. The Morgan fingerprint density at radius 1 is 0.762 bits per heavy atom. The van der Waals surface area contributed by atoms with Crippen molar-refractivity contribution >= 4 is 11.8 Å². The molecule has 0 aromatic heterocycles. The van der Waals surface area contributed by atoms with Gasteiger partial charge in [-0.05, 0) is 58.8 Å². The highest BCUT2D eigenvalue weighted by Gasteiger charge is 2.54. The van der Waals surface area contributed by atoms with E-state index in [9.17, 15) is 9.59 Å². The lowest BCUT2D eigenvalue weighted by Gasteiger charge is -2.35. The molecule has 0 aliphatic heterocycles. The quantitative estimate of drug-likeness (QED) is 0.754. The van der Waals surface area contributed by atoms with Crippen LogP contribution in [0.15, 0.2) is 0 Å². The number of fused-ring (bicyclic) bond motifs is 2. The SMILES string of the molecule is CCN(CC)C(=O)[C@@H]1[C@@H]2CC[C@@H](C2)[C@@H]1C(=O)N(CC)CC. The lowest BCUT2D eigenvalue weighted by Crippen LogP contribution is -2.47. The average Bonchev–Trinajstić information content (AvgIpc) is 3.10. The van der Waals surface area contributed by atoms with Crippen molar-refractivity contribution in [2.45, 2.75) is 47.0 Å². The first-order chi connectivity index (χ1) is 10.1. The minimum absolute atomic E-state index is 0.0586. The van der Waals surface area contributed by atoms with Gasteiger partial charge in [-0.2, -0.15) is 0 Å². The van der Waals surface area contributed by atoms with Crippen LogP contribution >= 0.6 is 0 Å². The largest absolute Gasteiger partial charge is 0.343 e. The molecule has 2 bridgehead atoms. The van der Waals surface area contributed by atoms with Crippen molar-refractivity contribution < 1.29 is 9.59 Å². The fraction of sp³-hybridized carbons (Fsp3) is 0.882. The Kier molecular flexibility index (Phi) is 5.28. The van der Waals surface area contributed by atoms with Gasteiger partial charge < -0.3 is 9.80 Å². The highest BCUT2D eigenvalue weighted by Crippen LogP contribution is 2.53. The van der Waals surface area contributed by atoms with Crippen LogP contribution in [0.2, 0.25) is 0 Å². The Bertz CT molecular complexity index is 352. The number of nitrogens with zero attached hydrogens (tertiary/aromatic N) is 2. The molecule has 2 aliphatic carbocycles. The molecule has 0 radical (unpaired) electrons. The molecule has 0 spiro atoms. The van der Waals surface area contributed by atoms with Crippen molar-refractivity contribution in [2.75, 3.05) is 26.2 Å². The molecule has 2 rings (SSSR count). The van der Waals surface area contributed by atoms with Gasteiger partial charge >= 0.3 is 0 Å². The zero-order valence-electron chi connectivity index (χ0n) is 14.0. The van der Waals surface area contributed by atoms with Gasteiger partial charge in [-0.1, -0.05) is 0 Å². The van der Waals surface area contributed by atoms with Gasteiger partial charge in [0.05, 0.1) is 11.8 Å². The third-order valence-electron chi connectivity index (χ3n) is 5.64. The van der Waals surface area contributed by atoms with E-state index in [1.165, 1.54) is 0 Å². The van der Waals surface area contributed by atoms with Crippen LogP contribution in [0.1, 0.15) is 47.0 Å². The smallest absolute Gasteiger partial charge is 0.226 e. The first-order valence-electron chi connectivity index (χ1n) is 8.66. The summed E-state index contributed by atoms with van der Waals surface area (Å²) in [5, 5.41) is 0. The maximum absolute atomic E-state index is 12.9. The third-order valence-corrected chi connectivity index (χ3v) is 5.64. The normalized spacial score (nSPS) is 30.5. The van der Waals surface area contributed by atoms with Gasteiger partial charge in [-0.15, -0.1) is 0 Å². The highest BCUT2D eigenvalue weighted by atomic mass is 16.2. The van der Waals surface area contributed by atoms with Crippen LogP contribution in [-0.2, 0) is 9.59 Å². The lowest BCUT2D eigenvalue weighted by molar-refractivity contribution is -0.148. The van der Waals surface area contributed by atoms with Crippen molar-refractivity contribution in [1.29, 1.82) is 0 Å². The summed E-state index contributed by atoms with van der Waals surface area (Å²) < 4.78 is 0. The molecule has 2 saturated carbocycles. The second kappa shape index (κ2) is 6.80. The van der Waals surface area contributed by atoms with E-state index in [0.717, 1.165) is 45.4 Å². The summed E-state index contributed by atoms with van der Waals surface area (Å²) >= 11 is 0. The number of hydrogen-bond acceptors (Lipinski definition) is 2. The van der Waals surface area contributed by atoms with E-state index >= 15 is 0 Å². The van der Waals surface area contributed by atoms with Gasteiger partial charge in [0.1, 0.15) is 0 Å². The number of amides is 2. The van der Waals surface area contributed by atoms with Crippen molar-refractivity contribution in [1.82, 2.24) is 9.80 Å². The molecule has 0 N–H and O–H groups in total. The van der Waals surface area contributed by atoms with Crippen molar-refractivity contribution in [2.24, 2.45) is 23.7 Å². The number of rotatable bonds is 6. The molecule has 2 fully saturated rings. The fourth-order valence-corrected chi connectivity index (χ4v) is 4.49. The summed E-state index contributed by atoms with van der Waals surface area (Å²) in [6.45, 7) is 11.1. The number of carbonyl (C=O) groups excluding carboxylic acids is 2.